The van der Waals surface area contributed by atoms with Gasteiger partial charge in [0.2, 0.25) is 5.91 Å². The number of anilines is 3. The Morgan fingerprint density at radius 2 is 1.74 bits per heavy atom. The highest BCUT2D eigenvalue weighted by Gasteiger charge is 2.22. The number of rotatable bonds is 6. The number of benzene rings is 1. The van der Waals surface area contributed by atoms with Crippen LogP contribution < -0.4 is 15.8 Å². The molecule has 0 aliphatic carbocycles. The lowest BCUT2D eigenvalue weighted by Gasteiger charge is -2.35. The Morgan fingerprint density at radius 1 is 0.941 bits per heavy atom. The quantitative estimate of drug-likeness (QED) is 0.470. The van der Waals surface area contributed by atoms with Crippen LogP contribution in [0.1, 0.15) is 6.42 Å². The van der Waals surface area contributed by atoms with E-state index in [9.17, 15) is 9.59 Å². The van der Waals surface area contributed by atoms with E-state index in [2.05, 4.69) is 30.4 Å². The molecule has 1 saturated heterocycles. The summed E-state index contributed by atoms with van der Waals surface area (Å²) in [6.07, 6.45) is 5.20. The maximum absolute atomic E-state index is 12.7. The minimum Gasteiger partial charge on any atom is -0.352 e. The number of para-hydroxylation sites is 1. The second-order valence-electron chi connectivity index (χ2n) is 8.02. The van der Waals surface area contributed by atoms with Gasteiger partial charge in [0.05, 0.1) is 17.2 Å². The summed E-state index contributed by atoms with van der Waals surface area (Å²) in [5.74, 6) is 1.46. The standard InChI is InChI=1S/C24H24N8O2/c33-23(9-12-32-17-26-20-4-2-1-3-19(20)24(32)34)31-15-13-30(14-16-31)22-6-5-21(28-29-22)27-18-7-10-25-11-8-18/h1-8,10-11,17H,9,12-16H2,(H,25,27,28). The summed E-state index contributed by atoms with van der Waals surface area (Å²) in [4.78, 5) is 37.6. The van der Waals surface area contributed by atoms with Crippen molar-refractivity contribution in [2.24, 2.45) is 0 Å². The van der Waals surface area contributed by atoms with Crippen molar-refractivity contribution in [1.29, 1.82) is 0 Å². The van der Waals surface area contributed by atoms with Crippen LogP contribution in [0.15, 0.2) is 72.0 Å². The molecular formula is C24H24N8O2. The lowest BCUT2D eigenvalue weighted by atomic mass is 10.2. The van der Waals surface area contributed by atoms with Gasteiger partial charge in [-0.1, -0.05) is 12.1 Å². The lowest BCUT2D eigenvalue weighted by Crippen LogP contribution is -2.49. The van der Waals surface area contributed by atoms with E-state index in [1.54, 1.807) is 24.5 Å². The van der Waals surface area contributed by atoms with Crippen molar-refractivity contribution in [2.75, 3.05) is 36.4 Å². The van der Waals surface area contributed by atoms with Crippen LogP contribution in [0, 0.1) is 0 Å². The second-order valence-corrected chi connectivity index (χ2v) is 8.02. The van der Waals surface area contributed by atoms with E-state index in [4.69, 9.17) is 0 Å². The summed E-state index contributed by atoms with van der Waals surface area (Å²) in [5, 5.41) is 12.3. The molecule has 4 aromatic rings. The van der Waals surface area contributed by atoms with Gasteiger partial charge in [-0.25, -0.2) is 4.98 Å². The van der Waals surface area contributed by atoms with Crippen molar-refractivity contribution in [3.8, 4) is 0 Å². The molecule has 10 heteroatoms. The minimum atomic E-state index is -0.122. The largest absolute Gasteiger partial charge is 0.352 e. The van der Waals surface area contributed by atoms with Crippen molar-refractivity contribution in [2.45, 2.75) is 13.0 Å². The van der Waals surface area contributed by atoms with Crippen molar-refractivity contribution in [3.63, 3.8) is 0 Å². The first-order valence-corrected chi connectivity index (χ1v) is 11.1. The third-order valence-corrected chi connectivity index (χ3v) is 5.86. The van der Waals surface area contributed by atoms with Crippen molar-refractivity contribution >= 4 is 34.1 Å². The monoisotopic (exact) mass is 456 g/mol. The first-order chi connectivity index (χ1) is 16.7. The average Bonchev–Trinajstić information content (AvgIpc) is 2.89. The number of fused-ring (bicyclic) bond motifs is 1. The molecule has 5 rings (SSSR count). The summed E-state index contributed by atoms with van der Waals surface area (Å²) in [6, 6.07) is 14.8. The Kier molecular flexibility index (Phi) is 6.11. The number of hydrogen-bond acceptors (Lipinski definition) is 8. The normalized spacial score (nSPS) is 13.8. The third-order valence-electron chi connectivity index (χ3n) is 5.86. The van der Waals surface area contributed by atoms with Gasteiger partial charge in [-0.2, -0.15) is 0 Å². The van der Waals surface area contributed by atoms with E-state index >= 15 is 0 Å². The number of piperazine rings is 1. The molecule has 0 spiro atoms. The van der Waals surface area contributed by atoms with Crippen LogP contribution in [0.3, 0.4) is 0 Å². The molecule has 0 atom stereocenters. The second kappa shape index (κ2) is 9.65. The van der Waals surface area contributed by atoms with Crippen LogP contribution in [-0.4, -0.2) is 61.7 Å². The summed E-state index contributed by atoms with van der Waals surface area (Å²) < 4.78 is 1.51. The molecule has 0 bridgehead atoms. The number of hydrogen-bond donors (Lipinski definition) is 1. The Morgan fingerprint density at radius 3 is 2.50 bits per heavy atom. The Labute approximate surface area is 195 Å². The van der Waals surface area contributed by atoms with Crippen LogP contribution in [-0.2, 0) is 11.3 Å². The topological polar surface area (TPSA) is 109 Å². The molecule has 10 nitrogen and oxygen atoms in total. The van der Waals surface area contributed by atoms with Crippen LogP contribution in [0.2, 0.25) is 0 Å². The zero-order chi connectivity index (χ0) is 23.3. The summed E-state index contributed by atoms with van der Waals surface area (Å²) >= 11 is 0. The molecule has 3 aromatic heterocycles. The van der Waals surface area contributed by atoms with Gasteiger partial charge in [-0.3, -0.25) is 19.1 Å². The van der Waals surface area contributed by atoms with Crippen molar-refractivity contribution < 1.29 is 4.79 Å². The zero-order valence-electron chi connectivity index (χ0n) is 18.5. The molecule has 172 valence electrons. The first-order valence-electron chi connectivity index (χ1n) is 11.1. The van der Waals surface area contributed by atoms with Gasteiger partial charge in [0.1, 0.15) is 0 Å². The summed E-state index contributed by atoms with van der Waals surface area (Å²) in [6.45, 7) is 2.86. The molecule has 0 unspecified atom stereocenters. The number of pyridine rings is 1. The van der Waals surface area contributed by atoms with E-state index in [1.807, 2.05) is 41.3 Å². The van der Waals surface area contributed by atoms with Crippen LogP contribution >= 0.6 is 0 Å². The van der Waals surface area contributed by atoms with E-state index in [0.29, 0.717) is 49.4 Å². The van der Waals surface area contributed by atoms with E-state index in [0.717, 1.165) is 11.5 Å². The van der Waals surface area contributed by atoms with Gasteiger partial charge in [0.15, 0.2) is 11.6 Å². The van der Waals surface area contributed by atoms with Gasteiger partial charge < -0.3 is 15.1 Å². The van der Waals surface area contributed by atoms with E-state index in [1.165, 1.54) is 10.9 Å². The van der Waals surface area contributed by atoms with Gasteiger partial charge in [-0.05, 0) is 36.4 Å². The molecule has 0 radical (unpaired) electrons. The molecule has 1 amide bonds. The number of nitrogens with one attached hydrogen (secondary N) is 1. The van der Waals surface area contributed by atoms with E-state index in [-0.39, 0.29) is 17.9 Å². The smallest absolute Gasteiger partial charge is 0.261 e. The maximum atomic E-state index is 12.7. The first kappa shape index (κ1) is 21.5. The molecule has 1 aliphatic rings. The molecule has 4 heterocycles. The lowest BCUT2D eigenvalue weighted by molar-refractivity contribution is -0.131. The van der Waals surface area contributed by atoms with Crippen molar-refractivity contribution in [1.82, 2.24) is 29.6 Å². The number of aryl methyl sites for hydroxylation is 1. The molecule has 1 aliphatic heterocycles. The minimum absolute atomic E-state index is 0.0303. The molecule has 34 heavy (non-hydrogen) atoms. The Bertz CT molecular complexity index is 1330. The molecular weight excluding hydrogens is 432 g/mol. The summed E-state index contributed by atoms with van der Waals surface area (Å²) in [5.41, 5.74) is 1.44. The Hall–Kier alpha value is -4.34. The predicted molar refractivity (Wildman–Crippen MR) is 129 cm³/mol. The number of carbonyl (C=O) groups excluding carboxylic acids is 1. The van der Waals surface area contributed by atoms with Crippen LogP contribution in [0.25, 0.3) is 10.9 Å². The number of amides is 1. The fourth-order valence-electron chi connectivity index (χ4n) is 3.97. The number of aromatic nitrogens is 5. The van der Waals surface area contributed by atoms with Crippen molar-refractivity contribution in [3.05, 3.63) is 77.6 Å². The van der Waals surface area contributed by atoms with Gasteiger partial charge in [-0.15, -0.1) is 10.2 Å². The highest BCUT2D eigenvalue weighted by molar-refractivity contribution is 5.78. The fraction of sp³-hybridized carbons (Fsp3) is 0.250. The molecule has 1 aromatic carbocycles. The molecule has 1 N–H and O–H groups in total. The maximum Gasteiger partial charge on any atom is 0.261 e. The van der Waals surface area contributed by atoms with E-state index < -0.39 is 0 Å². The van der Waals surface area contributed by atoms with Crippen LogP contribution in [0.4, 0.5) is 17.3 Å². The Balaban J connectivity index is 1.13. The molecule has 0 saturated carbocycles. The third kappa shape index (κ3) is 4.70. The van der Waals surface area contributed by atoms with Crippen LogP contribution in [0.5, 0.6) is 0 Å². The average molecular weight is 457 g/mol. The SMILES string of the molecule is O=C(CCn1cnc2ccccc2c1=O)N1CCN(c2ccc(Nc3ccncc3)nn2)CC1. The highest BCUT2D eigenvalue weighted by atomic mass is 16.2. The predicted octanol–water partition coefficient (Wildman–Crippen LogP) is 2.06. The van der Waals surface area contributed by atoms with Gasteiger partial charge >= 0.3 is 0 Å². The highest BCUT2D eigenvalue weighted by Crippen LogP contribution is 2.17. The zero-order valence-corrected chi connectivity index (χ0v) is 18.5. The number of carbonyl (C=O) groups is 1. The van der Waals surface area contributed by atoms with Gasteiger partial charge in [0.25, 0.3) is 5.56 Å². The summed E-state index contributed by atoms with van der Waals surface area (Å²) in [7, 11) is 0. The van der Waals surface area contributed by atoms with Gasteiger partial charge in [0, 0.05) is 57.2 Å². The molecule has 1 fully saturated rings. The fourth-order valence-corrected chi connectivity index (χ4v) is 3.97. The number of nitrogens with zero attached hydrogens (tertiary/aromatic N) is 7.